The first kappa shape index (κ1) is 16.7. The van der Waals surface area contributed by atoms with E-state index in [9.17, 15) is 4.79 Å². The molecule has 0 saturated carbocycles. The van der Waals surface area contributed by atoms with Crippen LogP contribution in [0.25, 0.3) is 0 Å². The van der Waals surface area contributed by atoms with Crippen molar-refractivity contribution in [2.24, 2.45) is 0 Å². The van der Waals surface area contributed by atoms with Gasteiger partial charge in [0.05, 0.1) is 17.8 Å². The van der Waals surface area contributed by atoms with Crippen LogP contribution < -0.4 is 5.32 Å². The average Bonchev–Trinajstić information content (AvgIpc) is 2.71. The fourth-order valence-electron chi connectivity index (χ4n) is 2.72. The first-order valence-electron chi connectivity index (χ1n) is 7.94. The predicted molar refractivity (Wildman–Crippen MR) is 86.8 cm³/mol. The minimum absolute atomic E-state index is 0.0135. The number of aromatic nitrogens is 1. The predicted octanol–water partition coefficient (Wildman–Crippen LogP) is 2.80. The van der Waals surface area contributed by atoms with Gasteiger partial charge in [0.15, 0.2) is 0 Å². The van der Waals surface area contributed by atoms with Crippen molar-refractivity contribution in [2.45, 2.75) is 52.2 Å². The van der Waals surface area contributed by atoms with Crippen LogP contribution in [-0.4, -0.2) is 41.7 Å². The number of amides is 2. The zero-order valence-corrected chi connectivity index (χ0v) is 14.1. The second-order valence-electron chi connectivity index (χ2n) is 6.36. The van der Waals surface area contributed by atoms with Crippen molar-refractivity contribution >= 4 is 6.03 Å². The number of carbonyl (C=O) groups excluding carboxylic acids is 1. The summed E-state index contributed by atoms with van der Waals surface area (Å²) in [5.74, 6) is 0. The van der Waals surface area contributed by atoms with Crippen LogP contribution in [-0.2, 0) is 11.3 Å². The van der Waals surface area contributed by atoms with Crippen LogP contribution in [0.4, 0.5) is 4.79 Å². The third-order valence-corrected chi connectivity index (χ3v) is 4.65. The van der Waals surface area contributed by atoms with Gasteiger partial charge in [-0.15, -0.1) is 0 Å². The second kappa shape index (κ2) is 7.09. The summed E-state index contributed by atoms with van der Waals surface area (Å²) in [6.07, 6.45) is 2.84. The smallest absolute Gasteiger partial charge is 0.317 e. The molecular formula is C17H27N3O2. The first-order chi connectivity index (χ1) is 10.4. The number of rotatable bonds is 3. The van der Waals surface area contributed by atoms with Crippen molar-refractivity contribution in [2.75, 3.05) is 20.2 Å². The lowest BCUT2D eigenvalue weighted by Gasteiger charge is -2.26. The van der Waals surface area contributed by atoms with Crippen molar-refractivity contribution < 1.29 is 9.53 Å². The molecule has 0 radical (unpaired) electrons. The average molecular weight is 305 g/mol. The SMILES string of the molecule is COC1(C)CCCN(C(=O)NCc2ccc(C)c(C)n2)CC1. The molecule has 5 heteroatoms. The van der Waals surface area contributed by atoms with Crippen LogP contribution in [0.1, 0.15) is 43.1 Å². The summed E-state index contributed by atoms with van der Waals surface area (Å²) in [5.41, 5.74) is 2.97. The molecule has 1 aromatic heterocycles. The minimum Gasteiger partial charge on any atom is -0.378 e. The number of nitrogens with one attached hydrogen (secondary N) is 1. The Bertz CT molecular complexity index is 533. The number of urea groups is 1. The van der Waals surface area contributed by atoms with Gasteiger partial charge in [0.25, 0.3) is 0 Å². The molecule has 0 bridgehead atoms. The Kier molecular flexibility index (Phi) is 5.40. The van der Waals surface area contributed by atoms with Gasteiger partial charge in [-0.2, -0.15) is 0 Å². The number of pyridine rings is 1. The van der Waals surface area contributed by atoms with Crippen LogP contribution in [0, 0.1) is 13.8 Å². The van der Waals surface area contributed by atoms with Crippen LogP contribution in [0.3, 0.4) is 0 Å². The van der Waals surface area contributed by atoms with Crippen molar-refractivity contribution in [3.05, 3.63) is 29.1 Å². The highest BCUT2D eigenvalue weighted by Gasteiger charge is 2.29. The minimum atomic E-state index is -0.106. The molecule has 2 amide bonds. The van der Waals surface area contributed by atoms with Crippen molar-refractivity contribution in [1.82, 2.24) is 15.2 Å². The molecule has 1 unspecified atom stereocenters. The molecule has 0 aliphatic carbocycles. The fraction of sp³-hybridized carbons (Fsp3) is 0.647. The Hall–Kier alpha value is -1.62. The van der Waals surface area contributed by atoms with Gasteiger partial charge in [-0.1, -0.05) is 6.07 Å². The molecule has 2 rings (SSSR count). The van der Waals surface area contributed by atoms with E-state index in [0.717, 1.165) is 43.7 Å². The van der Waals surface area contributed by atoms with Gasteiger partial charge in [0.2, 0.25) is 0 Å². The van der Waals surface area contributed by atoms with E-state index >= 15 is 0 Å². The number of likely N-dealkylation sites (tertiary alicyclic amines) is 1. The van der Waals surface area contributed by atoms with E-state index in [1.807, 2.05) is 30.9 Å². The largest absolute Gasteiger partial charge is 0.378 e. The van der Waals surface area contributed by atoms with Crippen molar-refractivity contribution in [1.29, 1.82) is 0 Å². The molecule has 2 heterocycles. The van der Waals surface area contributed by atoms with Gasteiger partial charge in [-0.3, -0.25) is 4.98 Å². The molecule has 5 nitrogen and oxygen atoms in total. The van der Waals surface area contributed by atoms with Crippen LogP contribution in [0.15, 0.2) is 12.1 Å². The van der Waals surface area contributed by atoms with Gasteiger partial charge in [0.1, 0.15) is 0 Å². The summed E-state index contributed by atoms with van der Waals surface area (Å²) >= 11 is 0. The lowest BCUT2D eigenvalue weighted by molar-refractivity contribution is -0.00500. The van der Waals surface area contributed by atoms with E-state index in [1.54, 1.807) is 7.11 Å². The summed E-state index contributed by atoms with van der Waals surface area (Å²) < 4.78 is 5.57. The zero-order chi connectivity index (χ0) is 16.2. The number of ether oxygens (including phenoxy) is 1. The van der Waals surface area contributed by atoms with Gasteiger partial charge >= 0.3 is 6.03 Å². The number of methoxy groups -OCH3 is 1. The van der Waals surface area contributed by atoms with Crippen LogP contribution >= 0.6 is 0 Å². The lowest BCUT2D eigenvalue weighted by Crippen LogP contribution is -2.41. The monoisotopic (exact) mass is 305 g/mol. The molecule has 1 saturated heterocycles. The number of hydrogen-bond acceptors (Lipinski definition) is 3. The summed E-state index contributed by atoms with van der Waals surface area (Å²) in [6, 6.07) is 3.99. The normalized spacial score (nSPS) is 22.3. The third kappa shape index (κ3) is 4.19. The molecule has 1 atom stereocenters. The standard InChI is InChI=1S/C17H27N3O2/c1-13-6-7-15(19-14(13)2)12-18-16(21)20-10-5-8-17(3,22-4)9-11-20/h6-7H,5,8-12H2,1-4H3,(H,18,21). The fourth-order valence-corrected chi connectivity index (χ4v) is 2.72. The zero-order valence-electron chi connectivity index (χ0n) is 14.1. The van der Waals surface area contributed by atoms with E-state index < -0.39 is 0 Å². The Morgan fingerprint density at radius 2 is 2.14 bits per heavy atom. The van der Waals surface area contributed by atoms with E-state index in [-0.39, 0.29) is 11.6 Å². The van der Waals surface area contributed by atoms with Gasteiger partial charge in [-0.25, -0.2) is 4.79 Å². The highest BCUT2D eigenvalue weighted by atomic mass is 16.5. The Balaban J connectivity index is 1.88. The van der Waals surface area contributed by atoms with Gasteiger partial charge < -0.3 is 15.0 Å². The van der Waals surface area contributed by atoms with E-state index in [2.05, 4.69) is 17.2 Å². The van der Waals surface area contributed by atoms with E-state index in [0.29, 0.717) is 6.54 Å². The van der Waals surface area contributed by atoms with Gasteiger partial charge in [-0.05, 0) is 51.7 Å². The van der Waals surface area contributed by atoms with Crippen molar-refractivity contribution in [3.63, 3.8) is 0 Å². The molecular weight excluding hydrogens is 278 g/mol. The molecule has 122 valence electrons. The number of carbonyl (C=O) groups is 1. The third-order valence-electron chi connectivity index (χ3n) is 4.65. The van der Waals surface area contributed by atoms with Crippen LogP contribution in [0.5, 0.6) is 0 Å². The highest BCUT2D eigenvalue weighted by Crippen LogP contribution is 2.25. The highest BCUT2D eigenvalue weighted by molar-refractivity contribution is 5.74. The molecule has 0 aromatic carbocycles. The second-order valence-corrected chi connectivity index (χ2v) is 6.36. The number of nitrogens with zero attached hydrogens (tertiary/aromatic N) is 2. The topological polar surface area (TPSA) is 54.5 Å². The Morgan fingerprint density at radius 1 is 1.36 bits per heavy atom. The quantitative estimate of drug-likeness (QED) is 0.934. The summed E-state index contributed by atoms with van der Waals surface area (Å²) in [7, 11) is 1.75. The van der Waals surface area contributed by atoms with E-state index in [1.165, 1.54) is 5.56 Å². The van der Waals surface area contributed by atoms with E-state index in [4.69, 9.17) is 4.74 Å². The molecule has 1 fully saturated rings. The molecule has 0 spiro atoms. The molecule has 1 N–H and O–H groups in total. The Morgan fingerprint density at radius 3 is 2.82 bits per heavy atom. The summed E-state index contributed by atoms with van der Waals surface area (Å²) in [4.78, 5) is 18.7. The number of hydrogen-bond donors (Lipinski definition) is 1. The molecule has 1 aromatic rings. The van der Waals surface area contributed by atoms with Crippen molar-refractivity contribution in [3.8, 4) is 0 Å². The van der Waals surface area contributed by atoms with Gasteiger partial charge in [0, 0.05) is 25.9 Å². The molecule has 22 heavy (non-hydrogen) atoms. The maximum atomic E-state index is 12.3. The molecule has 1 aliphatic heterocycles. The number of aryl methyl sites for hydroxylation is 2. The summed E-state index contributed by atoms with van der Waals surface area (Å²) in [5, 5.41) is 2.97. The lowest BCUT2D eigenvalue weighted by atomic mass is 9.97. The first-order valence-corrected chi connectivity index (χ1v) is 7.94. The summed E-state index contributed by atoms with van der Waals surface area (Å²) in [6.45, 7) is 8.13. The van der Waals surface area contributed by atoms with Crippen LogP contribution in [0.2, 0.25) is 0 Å². The maximum absolute atomic E-state index is 12.3. The molecule has 1 aliphatic rings. The maximum Gasteiger partial charge on any atom is 0.317 e. The Labute approximate surface area is 133 Å².